The summed E-state index contributed by atoms with van der Waals surface area (Å²) in [5, 5.41) is 8.34. The highest BCUT2D eigenvalue weighted by atomic mass is 16.6. The molecule has 0 spiro atoms. The lowest BCUT2D eigenvalue weighted by atomic mass is 10.1. The van der Waals surface area contributed by atoms with Gasteiger partial charge >= 0.3 is 11.9 Å². The van der Waals surface area contributed by atoms with E-state index in [1.54, 1.807) is 13.8 Å². The van der Waals surface area contributed by atoms with Crippen LogP contribution in [0, 0.1) is 0 Å². The first-order chi connectivity index (χ1) is 6.87. The first-order valence-corrected chi connectivity index (χ1v) is 4.74. The number of carboxylic acid groups (broad SMARTS) is 1. The van der Waals surface area contributed by atoms with Gasteiger partial charge in [-0.05, 0) is 20.3 Å². The maximum atomic E-state index is 11.2. The summed E-state index contributed by atoms with van der Waals surface area (Å²) >= 11 is 0. The normalized spacial score (nSPS) is 10.8. The van der Waals surface area contributed by atoms with E-state index in [-0.39, 0.29) is 25.7 Å². The molecule has 0 heterocycles. The number of hydrogen-bond acceptors (Lipinski definition) is 4. The summed E-state index contributed by atoms with van der Waals surface area (Å²) in [7, 11) is 0. The number of carbonyl (C=O) groups is 3. The van der Waals surface area contributed by atoms with Gasteiger partial charge in [-0.25, -0.2) is 0 Å². The van der Waals surface area contributed by atoms with Crippen molar-refractivity contribution < 1.29 is 24.2 Å². The Morgan fingerprint density at radius 2 is 1.93 bits per heavy atom. The molecule has 0 rings (SSSR count). The van der Waals surface area contributed by atoms with E-state index in [9.17, 15) is 14.4 Å². The molecule has 0 aliphatic carbocycles. The molecule has 0 aliphatic rings. The van der Waals surface area contributed by atoms with E-state index in [1.165, 1.54) is 0 Å². The van der Waals surface area contributed by atoms with Crippen LogP contribution in [0.25, 0.3) is 0 Å². The Labute approximate surface area is 88.4 Å². The summed E-state index contributed by atoms with van der Waals surface area (Å²) in [6.45, 7) is 3.27. The quantitative estimate of drug-likeness (QED) is 0.510. The molecule has 5 heteroatoms. The van der Waals surface area contributed by atoms with Crippen LogP contribution in [0.3, 0.4) is 0 Å². The van der Waals surface area contributed by atoms with Crippen LogP contribution >= 0.6 is 0 Å². The predicted molar refractivity (Wildman–Crippen MR) is 52.3 cm³/mol. The highest BCUT2D eigenvalue weighted by Gasteiger charge is 2.21. The number of carboxylic acids is 1. The predicted octanol–water partition coefficient (Wildman–Crippen LogP) is 1.15. The Morgan fingerprint density at radius 3 is 2.40 bits per heavy atom. The molecule has 0 unspecified atom stereocenters. The van der Waals surface area contributed by atoms with Crippen LogP contribution in [0.5, 0.6) is 0 Å². The number of hydrogen-bond donors (Lipinski definition) is 1. The Bertz CT molecular complexity index is 244. The first kappa shape index (κ1) is 13.6. The molecule has 0 aliphatic heterocycles. The lowest BCUT2D eigenvalue weighted by molar-refractivity contribution is -0.157. The highest BCUT2D eigenvalue weighted by Crippen LogP contribution is 2.14. The molecule has 0 amide bonds. The Hall–Kier alpha value is -1.39. The third-order valence-electron chi connectivity index (χ3n) is 1.74. The molecular weight excluding hydrogens is 200 g/mol. The van der Waals surface area contributed by atoms with Crippen molar-refractivity contribution in [2.75, 3.05) is 0 Å². The molecule has 0 saturated heterocycles. The molecule has 86 valence electrons. The first-order valence-electron chi connectivity index (χ1n) is 4.74. The number of carbonyl (C=O) groups excluding carboxylic acids is 2. The standard InChI is InChI=1S/C10H16O5/c1-10(2,6-7-11)15-9(14)5-3-4-8(12)13/h7H,3-6H2,1-2H3,(H,12,13). The van der Waals surface area contributed by atoms with Gasteiger partial charge in [0.1, 0.15) is 11.9 Å². The lowest BCUT2D eigenvalue weighted by Gasteiger charge is -2.22. The van der Waals surface area contributed by atoms with Crippen LogP contribution in [0.4, 0.5) is 0 Å². The molecule has 0 aromatic carbocycles. The highest BCUT2D eigenvalue weighted by molar-refractivity contribution is 5.72. The summed E-state index contributed by atoms with van der Waals surface area (Å²) in [6.07, 6.45) is 1.09. The zero-order valence-corrected chi connectivity index (χ0v) is 8.99. The molecule has 0 saturated carbocycles. The van der Waals surface area contributed by atoms with Gasteiger partial charge in [0, 0.05) is 19.3 Å². The Balaban J connectivity index is 3.82. The Kier molecular flexibility index (Phi) is 5.59. The van der Waals surface area contributed by atoms with Crippen molar-refractivity contribution in [3.63, 3.8) is 0 Å². The van der Waals surface area contributed by atoms with E-state index in [2.05, 4.69) is 0 Å². The molecule has 0 aromatic rings. The fourth-order valence-corrected chi connectivity index (χ4v) is 0.986. The average Bonchev–Trinajstić information content (AvgIpc) is 2.01. The minimum Gasteiger partial charge on any atom is -0.481 e. The third-order valence-corrected chi connectivity index (χ3v) is 1.74. The second-order valence-electron chi connectivity index (χ2n) is 3.85. The van der Waals surface area contributed by atoms with Crippen molar-refractivity contribution in [2.24, 2.45) is 0 Å². The van der Waals surface area contributed by atoms with Gasteiger partial charge in [0.25, 0.3) is 0 Å². The molecule has 0 fully saturated rings. The van der Waals surface area contributed by atoms with Crippen molar-refractivity contribution in [3.05, 3.63) is 0 Å². The zero-order chi connectivity index (χ0) is 11.9. The van der Waals surface area contributed by atoms with Crippen LogP contribution < -0.4 is 0 Å². The van der Waals surface area contributed by atoms with Gasteiger partial charge in [-0.15, -0.1) is 0 Å². The molecule has 15 heavy (non-hydrogen) atoms. The van der Waals surface area contributed by atoms with E-state index in [0.29, 0.717) is 6.29 Å². The van der Waals surface area contributed by atoms with E-state index in [4.69, 9.17) is 9.84 Å². The molecule has 0 atom stereocenters. The van der Waals surface area contributed by atoms with E-state index in [0.717, 1.165) is 0 Å². The smallest absolute Gasteiger partial charge is 0.306 e. The largest absolute Gasteiger partial charge is 0.481 e. The molecular formula is C10H16O5. The van der Waals surface area contributed by atoms with Crippen molar-refractivity contribution in [2.45, 2.75) is 45.1 Å². The molecule has 5 nitrogen and oxygen atoms in total. The van der Waals surface area contributed by atoms with Crippen LogP contribution in [0.2, 0.25) is 0 Å². The van der Waals surface area contributed by atoms with Crippen molar-refractivity contribution in [1.29, 1.82) is 0 Å². The number of aldehydes is 1. The van der Waals surface area contributed by atoms with Gasteiger partial charge in [-0.3, -0.25) is 9.59 Å². The molecule has 0 radical (unpaired) electrons. The number of esters is 1. The minimum atomic E-state index is -0.935. The van der Waals surface area contributed by atoms with Crippen molar-refractivity contribution >= 4 is 18.2 Å². The van der Waals surface area contributed by atoms with Gasteiger partial charge in [0.15, 0.2) is 0 Å². The average molecular weight is 216 g/mol. The van der Waals surface area contributed by atoms with E-state index in [1.807, 2.05) is 0 Å². The third kappa shape index (κ3) is 7.66. The van der Waals surface area contributed by atoms with Crippen LogP contribution in [-0.2, 0) is 19.1 Å². The van der Waals surface area contributed by atoms with Gasteiger partial charge in [0.05, 0.1) is 0 Å². The number of rotatable bonds is 7. The topological polar surface area (TPSA) is 80.7 Å². The maximum Gasteiger partial charge on any atom is 0.306 e. The van der Waals surface area contributed by atoms with Crippen LogP contribution in [0.15, 0.2) is 0 Å². The minimum absolute atomic E-state index is 0.0524. The monoisotopic (exact) mass is 216 g/mol. The number of aliphatic carboxylic acids is 1. The van der Waals surface area contributed by atoms with Crippen LogP contribution in [0.1, 0.15) is 39.5 Å². The fourth-order valence-electron chi connectivity index (χ4n) is 0.986. The molecule has 0 bridgehead atoms. The fraction of sp³-hybridized carbons (Fsp3) is 0.700. The van der Waals surface area contributed by atoms with E-state index < -0.39 is 17.5 Å². The second-order valence-corrected chi connectivity index (χ2v) is 3.85. The summed E-state index contributed by atoms with van der Waals surface area (Å²) < 4.78 is 5.00. The number of ether oxygens (including phenoxy) is 1. The van der Waals surface area contributed by atoms with E-state index >= 15 is 0 Å². The second kappa shape index (κ2) is 6.16. The van der Waals surface area contributed by atoms with Crippen LogP contribution in [-0.4, -0.2) is 28.9 Å². The maximum absolute atomic E-state index is 11.2. The summed E-state index contributed by atoms with van der Waals surface area (Å²) in [4.78, 5) is 31.6. The lowest BCUT2D eigenvalue weighted by Crippen LogP contribution is -2.28. The van der Waals surface area contributed by atoms with Crippen molar-refractivity contribution in [3.8, 4) is 0 Å². The van der Waals surface area contributed by atoms with Gasteiger partial charge in [-0.1, -0.05) is 0 Å². The van der Waals surface area contributed by atoms with Gasteiger partial charge in [-0.2, -0.15) is 0 Å². The van der Waals surface area contributed by atoms with Crippen molar-refractivity contribution in [1.82, 2.24) is 0 Å². The Morgan fingerprint density at radius 1 is 1.33 bits per heavy atom. The SMILES string of the molecule is CC(C)(CC=O)OC(=O)CCCC(=O)O. The van der Waals surface area contributed by atoms with Gasteiger partial charge in [0.2, 0.25) is 0 Å². The summed E-state index contributed by atoms with van der Waals surface area (Å²) in [6, 6.07) is 0. The summed E-state index contributed by atoms with van der Waals surface area (Å²) in [5.41, 5.74) is -0.804. The molecule has 1 N–H and O–H groups in total. The molecule has 0 aromatic heterocycles. The van der Waals surface area contributed by atoms with Gasteiger partial charge < -0.3 is 14.6 Å². The summed E-state index contributed by atoms with van der Waals surface area (Å²) in [5.74, 6) is -1.40. The zero-order valence-electron chi connectivity index (χ0n) is 8.99.